The Morgan fingerprint density at radius 3 is 2.28 bits per heavy atom. The second kappa shape index (κ2) is 4.31. The fourth-order valence-corrected chi connectivity index (χ4v) is 1.13. The normalized spacial score (nSPS) is 12.1. The zero-order valence-electron chi connectivity index (χ0n) is 8.45. The maximum absolute atomic E-state index is 12.2. The number of hydrogen-bond donors (Lipinski definition) is 0. The second-order valence-corrected chi connectivity index (χ2v) is 3.18. The van der Waals surface area contributed by atoms with Crippen molar-refractivity contribution in [2.45, 2.75) is 12.6 Å². The Morgan fingerprint density at radius 1 is 1.11 bits per heavy atom. The van der Waals surface area contributed by atoms with Crippen LogP contribution < -0.4 is 0 Å². The molecule has 0 N–H and O–H groups in total. The molecule has 96 valence electrons. The molecule has 2 rings (SSSR count). The molecule has 0 aliphatic heterocycles. The molecule has 0 radical (unpaired) electrons. The molecule has 0 unspecified atom stereocenters. The van der Waals surface area contributed by atoms with E-state index in [9.17, 15) is 22.0 Å². The minimum absolute atomic E-state index is 0.0300. The third kappa shape index (κ3) is 2.44. The van der Waals surface area contributed by atoms with Gasteiger partial charge in [0, 0.05) is 6.20 Å². The van der Waals surface area contributed by atoms with Crippen LogP contribution in [0.1, 0.15) is 18.0 Å². The van der Waals surface area contributed by atoms with Gasteiger partial charge in [-0.15, -0.1) is 10.2 Å². The van der Waals surface area contributed by atoms with Gasteiger partial charge < -0.3 is 4.42 Å². The van der Waals surface area contributed by atoms with Gasteiger partial charge in [0.05, 0.1) is 5.56 Å². The summed E-state index contributed by atoms with van der Waals surface area (Å²) in [5.41, 5.74) is -1.07. The standard InChI is InChI=1S/C9H4F5N3O/c10-6(11)8-17-16-7(18-8)4-1-2-5(15-3-4)9(12,13)14/h1-3,6H. The molecule has 0 bridgehead atoms. The van der Waals surface area contributed by atoms with Crippen LogP contribution in [-0.2, 0) is 6.18 Å². The predicted molar refractivity (Wildman–Crippen MR) is 47.5 cm³/mol. The lowest BCUT2D eigenvalue weighted by Crippen LogP contribution is -2.07. The molecule has 0 fully saturated rings. The molecular weight excluding hydrogens is 261 g/mol. The number of rotatable bonds is 2. The molecule has 2 aromatic heterocycles. The second-order valence-electron chi connectivity index (χ2n) is 3.18. The average Bonchev–Trinajstić information content (AvgIpc) is 2.77. The minimum atomic E-state index is -4.57. The van der Waals surface area contributed by atoms with Crippen molar-refractivity contribution in [3.63, 3.8) is 0 Å². The van der Waals surface area contributed by atoms with Gasteiger partial charge in [0.1, 0.15) is 5.69 Å². The van der Waals surface area contributed by atoms with Gasteiger partial charge in [-0.05, 0) is 12.1 Å². The quantitative estimate of drug-likeness (QED) is 0.783. The van der Waals surface area contributed by atoms with Crippen LogP contribution in [0.15, 0.2) is 22.7 Å². The Labute approximate surface area is 96.5 Å². The van der Waals surface area contributed by atoms with Crippen LogP contribution in [0.2, 0.25) is 0 Å². The van der Waals surface area contributed by atoms with Crippen molar-refractivity contribution in [2.75, 3.05) is 0 Å². The third-order valence-electron chi connectivity index (χ3n) is 1.93. The van der Waals surface area contributed by atoms with Crippen LogP contribution in [0.5, 0.6) is 0 Å². The van der Waals surface area contributed by atoms with Gasteiger partial charge in [-0.3, -0.25) is 4.98 Å². The summed E-state index contributed by atoms with van der Waals surface area (Å²) in [6, 6.07) is 1.71. The first-order valence-corrected chi connectivity index (χ1v) is 4.53. The summed E-state index contributed by atoms with van der Waals surface area (Å²) in [5, 5.41) is 6.33. The van der Waals surface area contributed by atoms with Crippen molar-refractivity contribution < 1.29 is 26.4 Å². The summed E-state index contributed by atoms with van der Waals surface area (Å²) in [4.78, 5) is 3.14. The van der Waals surface area contributed by atoms with Gasteiger partial charge in [-0.1, -0.05) is 0 Å². The molecule has 0 aliphatic rings. The van der Waals surface area contributed by atoms with Gasteiger partial charge in [0.15, 0.2) is 0 Å². The smallest absolute Gasteiger partial charge is 0.415 e. The zero-order chi connectivity index (χ0) is 13.3. The maximum Gasteiger partial charge on any atom is 0.433 e. The molecule has 0 aliphatic carbocycles. The highest BCUT2D eigenvalue weighted by Crippen LogP contribution is 2.29. The Hall–Kier alpha value is -2.06. The van der Waals surface area contributed by atoms with Crippen molar-refractivity contribution in [1.29, 1.82) is 0 Å². The zero-order valence-corrected chi connectivity index (χ0v) is 8.45. The monoisotopic (exact) mass is 265 g/mol. The van der Waals surface area contributed by atoms with Crippen LogP contribution in [0.25, 0.3) is 11.5 Å². The molecular formula is C9H4F5N3O. The fraction of sp³-hybridized carbons (Fsp3) is 0.222. The van der Waals surface area contributed by atoms with Gasteiger partial charge in [-0.2, -0.15) is 22.0 Å². The van der Waals surface area contributed by atoms with Crippen LogP contribution in [-0.4, -0.2) is 15.2 Å². The lowest BCUT2D eigenvalue weighted by atomic mass is 10.2. The summed E-state index contributed by atoms with van der Waals surface area (Å²) in [6.07, 6.45) is -6.68. The van der Waals surface area contributed by atoms with E-state index in [4.69, 9.17) is 0 Å². The summed E-state index contributed by atoms with van der Waals surface area (Å²) < 4.78 is 65.5. The largest absolute Gasteiger partial charge is 0.433 e. The highest BCUT2D eigenvalue weighted by atomic mass is 19.4. The lowest BCUT2D eigenvalue weighted by Gasteiger charge is -2.04. The summed E-state index contributed by atoms with van der Waals surface area (Å²) in [5.74, 6) is -1.21. The highest BCUT2D eigenvalue weighted by molar-refractivity contribution is 5.50. The van der Waals surface area contributed by atoms with Crippen LogP contribution in [0.3, 0.4) is 0 Å². The van der Waals surface area contributed by atoms with E-state index in [-0.39, 0.29) is 11.5 Å². The fourth-order valence-electron chi connectivity index (χ4n) is 1.13. The van der Waals surface area contributed by atoms with Gasteiger partial charge in [0.25, 0.3) is 5.89 Å². The minimum Gasteiger partial charge on any atom is -0.415 e. The van der Waals surface area contributed by atoms with E-state index < -0.39 is 24.2 Å². The number of halogens is 5. The Bertz CT molecular complexity index is 534. The third-order valence-corrected chi connectivity index (χ3v) is 1.93. The first kappa shape index (κ1) is 12.4. The van der Waals surface area contributed by atoms with Gasteiger partial charge in [0.2, 0.25) is 5.89 Å². The summed E-state index contributed by atoms with van der Waals surface area (Å²) >= 11 is 0. The first-order valence-electron chi connectivity index (χ1n) is 4.53. The van der Waals surface area contributed by atoms with Gasteiger partial charge in [-0.25, -0.2) is 0 Å². The Kier molecular flexibility index (Phi) is 2.97. The molecule has 4 nitrogen and oxygen atoms in total. The van der Waals surface area contributed by atoms with E-state index in [1.165, 1.54) is 0 Å². The van der Waals surface area contributed by atoms with Gasteiger partial charge >= 0.3 is 12.6 Å². The number of aromatic nitrogens is 3. The molecule has 2 aromatic rings. The Balaban J connectivity index is 2.29. The van der Waals surface area contributed by atoms with E-state index in [0.29, 0.717) is 6.07 Å². The predicted octanol–water partition coefficient (Wildman–Crippen LogP) is 3.09. The van der Waals surface area contributed by atoms with E-state index in [2.05, 4.69) is 19.6 Å². The molecule has 0 saturated carbocycles. The van der Waals surface area contributed by atoms with E-state index in [1.807, 2.05) is 0 Å². The van der Waals surface area contributed by atoms with E-state index in [1.54, 1.807) is 0 Å². The van der Waals surface area contributed by atoms with Crippen LogP contribution in [0.4, 0.5) is 22.0 Å². The number of nitrogens with zero attached hydrogens (tertiary/aromatic N) is 3. The molecule has 0 aromatic carbocycles. The van der Waals surface area contributed by atoms with E-state index in [0.717, 1.165) is 12.3 Å². The van der Waals surface area contributed by atoms with Crippen molar-refractivity contribution in [1.82, 2.24) is 15.2 Å². The number of hydrogen-bond acceptors (Lipinski definition) is 4. The van der Waals surface area contributed by atoms with Crippen molar-refractivity contribution in [2.24, 2.45) is 0 Å². The first-order chi connectivity index (χ1) is 8.38. The summed E-state index contributed by atoms with van der Waals surface area (Å²) in [6.45, 7) is 0. The average molecular weight is 265 g/mol. The molecule has 9 heteroatoms. The number of alkyl halides is 5. The van der Waals surface area contributed by atoms with Crippen molar-refractivity contribution in [3.8, 4) is 11.5 Å². The van der Waals surface area contributed by atoms with Crippen molar-refractivity contribution in [3.05, 3.63) is 29.9 Å². The molecule has 0 saturated heterocycles. The molecule has 0 spiro atoms. The van der Waals surface area contributed by atoms with Crippen LogP contribution >= 0.6 is 0 Å². The number of pyridine rings is 1. The lowest BCUT2D eigenvalue weighted by molar-refractivity contribution is -0.141. The molecule has 0 atom stereocenters. The highest BCUT2D eigenvalue weighted by Gasteiger charge is 2.32. The molecule has 0 amide bonds. The Morgan fingerprint density at radius 2 is 1.83 bits per heavy atom. The molecule has 2 heterocycles. The SMILES string of the molecule is FC(F)c1nnc(-c2ccc(C(F)(F)F)nc2)o1. The van der Waals surface area contributed by atoms with Crippen molar-refractivity contribution >= 4 is 0 Å². The topological polar surface area (TPSA) is 51.8 Å². The maximum atomic E-state index is 12.2. The van der Waals surface area contributed by atoms with E-state index >= 15 is 0 Å². The molecule has 18 heavy (non-hydrogen) atoms. The van der Waals surface area contributed by atoms with Crippen LogP contribution in [0, 0.1) is 0 Å². The summed E-state index contributed by atoms with van der Waals surface area (Å²) in [7, 11) is 0.